The van der Waals surface area contributed by atoms with E-state index in [9.17, 15) is 13.2 Å². The van der Waals surface area contributed by atoms with Gasteiger partial charge in [-0.3, -0.25) is 4.79 Å². The Morgan fingerprint density at radius 2 is 2.09 bits per heavy atom. The zero-order valence-electron chi connectivity index (χ0n) is 13.2. The molecule has 23 heavy (non-hydrogen) atoms. The lowest BCUT2D eigenvalue weighted by Gasteiger charge is -2.49. The van der Waals surface area contributed by atoms with Crippen LogP contribution in [0, 0.1) is 0 Å². The summed E-state index contributed by atoms with van der Waals surface area (Å²) < 4.78 is 26.1. The fraction of sp³-hybridized carbons (Fsp3) is 0.714. The number of likely N-dealkylation sites (tertiary alicyclic amines) is 1. The number of carbonyl (C=O) groups is 1. The number of imidazole rings is 1. The van der Waals surface area contributed by atoms with Gasteiger partial charge in [-0.1, -0.05) is 0 Å². The molecule has 2 aliphatic heterocycles. The third-order valence-electron chi connectivity index (χ3n) is 4.87. The summed E-state index contributed by atoms with van der Waals surface area (Å²) in [4.78, 5) is 21.2. The number of hydrogen-bond acceptors (Lipinski definition) is 5. The number of amides is 1. The number of hydrogen-bond donors (Lipinski definition) is 2. The third-order valence-corrected chi connectivity index (χ3v) is 6.20. The Morgan fingerprint density at radius 1 is 1.39 bits per heavy atom. The van der Waals surface area contributed by atoms with E-state index < -0.39 is 15.6 Å². The molecule has 0 atom stereocenters. The molecule has 3 rings (SSSR count). The lowest BCUT2D eigenvalue weighted by molar-refractivity contribution is -0.134. The molecule has 1 amide bonds. The van der Waals surface area contributed by atoms with Gasteiger partial charge in [0.2, 0.25) is 15.9 Å². The SMILES string of the molecule is CS(=O)(=O)N1CCc2[nH]cnc2C12CCN(C(=O)CCO)CC2. The molecule has 128 valence electrons. The highest BCUT2D eigenvalue weighted by molar-refractivity contribution is 7.88. The van der Waals surface area contributed by atoms with Crippen molar-refractivity contribution >= 4 is 15.9 Å². The third kappa shape index (κ3) is 2.77. The quantitative estimate of drug-likeness (QED) is 0.765. The van der Waals surface area contributed by atoms with Crippen molar-refractivity contribution in [1.29, 1.82) is 0 Å². The van der Waals surface area contributed by atoms with Crippen molar-refractivity contribution in [3.8, 4) is 0 Å². The average molecular weight is 342 g/mol. The molecule has 1 aromatic heterocycles. The fourth-order valence-electron chi connectivity index (χ4n) is 3.81. The van der Waals surface area contributed by atoms with Gasteiger partial charge in [-0.15, -0.1) is 0 Å². The predicted molar refractivity (Wildman–Crippen MR) is 83.0 cm³/mol. The second kappa shape index (κ2) is 5.88. The predicted octanol–water partition coefficient (Wildman–Crippen LogP) is -0.572. The summed E-state index contributed by atoms with van der Waals surface area (Å²) >= 11 is 0. The van der Waals surface area contributed by atoms with Crippen molar-refractivity contribution in [3.05, 3.63) is 17.7 Å². The lowest BCUT2D eigenvalue weighted by Crippen LogP contribution is -2.58. The Bertz CT molecular complexity index is 691. The molecular formula is C14H22N4O4S. The Balaban J connectivity index is 1.91. The van der Waals surface area contributed by atoms with Gasteiger partial charge in [0.05, 0.1) is 30.4 Å². The van der Waals surface area contributed by atoms with Crippen LogP contribution in [-0.4, -0.2) is 71.1 Å². The van der Waals surface area contributed by atoms with Crippen LogP contribution < -0.4 is 0 Å². The van der Waals surface area contributed by atoms with Crippen molar-refractivity contribution in [2.24, 2.45) is 0 Å². The standard InChI is InChI=1S/C14H22N4O4S/c1-23(21,22)18-6-2-11-13(16-10-15-11)14(18)4-7-17(8-5-14)12(20)3-9-19/h10,19H,2-9H2,1H3,(H,15,16). The summed E-state index contributed by atoms with van der Waals surface area (Å²) in [5.74, 6) is -0.0914. The minimum absolute atomic E-state index is 0.0914. The molecule has 2 N–H and O–H groups in total. The van der Waals surface area contributed by atoms with Gasteiger partial charge in [0.15, 0.2) is 0 Å². The number of aromatic nitrogens is 2. The van der Waals surface area contributed by atoms with E-state index in [0.29, 0.717) is 38.9 Å². The lowest BCUT2D eigenvalue weighted by atomic mass is 9.80. The number of fused-ring (bicyclic) bond motifs is 2. The van der Waals surface area contributed by atoms with Crippen molar-refractivity contribution in [2.75, 3.05) is 32.5 Å². The summed E-state index contributed by atoms with van der Waals surface area (Å²) in [6, 6.07) is 0. The van der Waals surface area contributed by atoms with Gasteiger partial charge in [0.1, 0.15) is 0 Å². The van der Waals surface area contributed by atoms with Gasteiger partial charge < -0.3 is 15.0 Å². The monoisotopic (exact) mass is 342 g/mol. The fourth-order valence-corrected chi connectivity index (χ4v) is 5.13. The molecule has 1 spiro atoms. The van der Waals surface area contributed by atoms with Crippen LogP contribution in [0.15, 0.2) is 6.33 Å². The zero-order chi connectivity index (χ0) is 16.7. The van der Waals surface area contributed by atoms with Gasteiger partial charge in [0, 0.05) is 38.2 Å². The van der Waals surface area contributed by atoms with Crippen molar-refractivity contribution < 1.29 is 18.3 Å². The summed E-state index contributed by atoms with van der Waals surface area (Å²) in [7, 11) is -3.37. The molecule has 0 aliphatic carbocycles. The van der Waals surface area contributed by atoms with E-state index in [1.807, 2.05) is 0 Å². The van der Waals surface area contributed by atoms with Crippen LogP contribution in [0.25, 0.3) is 0 Å². The first-order valence-electron chi connectivity index (χ1n) is 7.78. The van der Waals surface area contributed by atoms with Crippen LogP contribution in [-0.2, 0) is 26.8 Å². The van der Waals surface area contributed by atoms with Gasteiger partial charge in [-0.05, 0) is 12.8 Å². The molecule has 8 nitrogen and oxygen atoms in total. The van der Waals surface area contributed by atoms with E-state index >= 15 is 0 Å². The number of nitrogens with zero attached hydrogens (tertiary/aromatic N) is 3. The van der Waals surface area contributed by atoms with Gasteiger partial charge in [0.25, 0.3) is 0 Å². The summed E-state index contributed by atoms with van der Waals surface area (Å²) in [5.41, 5.74) is 1.11. The summed E-state index contributed by atoms with van der Waals surface area (Å²) in [6.45, 7) is 1.20. The first-order valence-corrected chi connectivity index (χ1v) is 9.62. The molecule has 0 aromatic carbocycles. The first-order chi connectivity index (χ1) is 10.9. The number of rotatable bonds is 3. The highest BCUT2D eigenvalue weighted by Crippen LogP contribution is 2.43. The van der Waals surface area contributed by atoms with E-state index in [4.69, 9.17) is 5.11 Å². The molecular weight excluding hydrogens is 320 g/mol. The first kappa shape index (κ1) is 16.4. The number of aliphatic hydroxyl groups is 1. The highest BCUT2D eigenvalue weighted by Gasteiger charge is 2.50. The number of nitrogens with one attached hydrogen (secondary N) is 1. The smallest absolute Gasteiger partial charge is 0.224 e. The average Bonchev–Trinajstić information content (AvgIpc) is 2.97. The Morgan fingerprint density at radius 3 is 2.70 bits per heavy atom. The van der Waals surface area contributed by atoms with Crippen LogP contribution >= 0.6 is 0 Å². The normalized spacial score (nSPS) is 21.4. The maximum atomic E-state index is 12.3. The Labute approximate surface area is 135 Å². The van der Waals surface area contributed by atoms with Crippen LogP contribution in [0.3, 0.4) is 0 Å². The number of carbonyl (C=O) groups excluding carboxylic acids is 1. The van der Waals surface area contributed by atoms with Crippen LogP contribution in [0.1, 0.15) is 30.7 Å². The second-order valence-electron chi connectivity index (χ2n) is 6.20. The van der Waals surface area contributed by atoms with E-state index in [0.717, 1.165) is 11.4 Å². The highest BCUT2D eigenvalue weighted by atomic mass is 32.2. The Kier molecular flexibility index (Phi) is 4.19. The number of aromatic amines is 1. The van der Waals surface area contributed by atoms with Crippen molar-refractivity contribution in [3.63, 3.8) is 0 Å². The molecule has 0 radical (unpaired) electrons. The van der Waals surface area contributed by atoms with Gasteiger partial charge in [-0.2, -0.15) is 4.31 Å². The maximum absolute atomic E-state index is 12.3. The molecule has 1 aromatic rings. The molecule has 1 saturated heterocycles. The molecule has 0 saturated carbocycles. The molecule has 0 unspecified atom stereocenters. The molecule has 3 heterocycles. The van der Waals surface area contributed by atoms with Crippen molar-refractivity contribution in [2.45, 2.75) is 31.2 Å². The molecule has 9 heteroatoms. The molecule has 0 bridgehead atoms. The van der Waals surface area contributed by atoms with E-state index in [1.165, 1.54) is 6.26 Å². The van der Waals surface area contributed by atoms with Crippen molar-refractivity contribution in [1.82, 2.24) is 19.2 Å². The van der Waals surface area contributed by atoms with Crippen LogP contribution in [0.4, 0.5) is 0 Å². The van der Waals surface area contributed by atoms with E-state index in [2.05, 4.69) is 9.97 Å². The Hall–Kier alpha value is -1.45. The van der Waals surface area contributed by atoms with Gasteiger partial charge in [-0.25, -0.2) is 13.4 Å². The van der Waals surface area contributed by atoms with E-state index in [1.54, 1.807) is 15.5 Å². The largest absolute Gasteiger partial charge is 0.396 e. The molecule has 2 aliphatic rings. The molecule has 1 fully saturated rings. The topological polar surface area (TPSA) is 107 Å². The minimum Gasteiger partial charge on any atom is -0.396 e. The number of sulfonamides is 1. The van der Waals surface area contributed by atoms with Crippen LogP contribution in [0.2, 0.25) is 0 Å². The second-order valence-corrected chi connectivity index (χ2v) is 8.11. The summed E-state index contributed by atoms with van der Waals surface area (Å²) in [5, 5.41) is 8.91. The maximum Gasteiger partial charge on any atom is 0.224 e. The number of aliphatic hydroxyl groups excluding tert-OH is 1. The minimum atomic E-state index is -3.37. The summed E-state index contributed by atoms with van der Waals surface area (Å²) in [6.07, 6.45) is 4.62. The zero-order valence-corrected chi connectivity index (χ0v) is 14.0. The van der Waals surface area contributed by atoms with Gasteiger partial charge >= 0.3 is 0 Å². The number of piperidine rings is 1. The number of H-pyrrole nitrogens is 1. The van der Waals surface area contributed by atoms with Crippen LogP contribution in [0.5, 0.6) is 0 Å². The van der Waals surface area contributed by atoms with E-state index in [-0.39, 0.29) is 18.9 Å².